The van der Waals surface area contributed by atoms with Crippen LogP contribution in [0.15, 0.2) is 0 Å². The number of piperazine rings is 1. The lowest BCUT2D eigenvalue weighted by Crippen LogP contribution is -2.52. The van der Waals surface area contributed by atoms with Crippen LogP contribution in [-0.2, 0) is 9.84 Å². The number of sulfone groups is 1. The van der Waals surface area contributed by atoms with E-state index in [1.54, 1.807) is 6.92 Å². The lowest BCUT2D eigenvalue weighted by molar-refractivity contribution is 0.0970. The molecule has 1 rings (SSSR count). The Labute approximate surface area is 118 Å². The molecule has 1 fully saturated rings. The minimum atomic E-state index is -2.81. The summed E-state index contributed by atoms with van der Waals surface area (Å²) >= 11 is 0. The maximum Gasteiger partial charge on any atom is 0.150 e. The maximum absolute atomic E-state index is 11.4. The van der Waals surface area contributed by atoms with Crippen molar-refractivity contribution in [3.8, 4) is 0 Å². The standard InChI is InChI=1S/C13H29N3O2S/c1-3-13(12-14)16-9-7-15(8-10-16)6-5-11-19(17,18)4-2/h13H,3-12,14H2,1-2H3. The minimum absolute atomic E-state index is 0.259. The van der Waals surface area contributed by atoms with Crippen LogP contribution in [0.2, 0.25) is 0 Å². The molecule has 1 unspecified atom stereocenters. The summed E-state index contributed by atoms with van der Waals surface area (Å²) in [4.78, 5) is 4.82. The summed E-state index contributed by atoms with van der Waals surface area (Å²) in [6, 6.07) is 0.502. The van der Waals surface area contributed by atoms with Crippen LogP contribution in [0, 0.1) is 0 Å². The zero-order valence-electron chi connectivity index (χ0n) is 12.3. The monoisotopic (exact) mass is 291 g/mol. The van der Waals surface area contributed by atoms with Crippen LogP contribution in [0.25, 0.3) is 0 Å². The van der Waals surface area contributed by atoms with Crippen LogP contribution < -0.4 is 5.73 Å². The highest BCUT2D eigenvalue weighted by Crippen LogP contribution is 2.09. The molecule has 0 saturated carbocycles. The number of nitrogens with zero attached hydrogens (tertiary/aromatic N) is 2. The van der Waals surface area contributed by atoms with Crippen molar-refractivity contribution in [3.05, 3.63) is 0 Å². The third-order valence-corrected chi connectivity index (χ3v) is 5.83. The van der Waals surface area contributed by atoms with Crippen LogP contribution in [0.1, 0.15) is 26.7 Å². The zero-order valence-corrected chi connectivity index (χ0v) is 13.2. The van der Waals surface area contributed by atoms with Gasteiger partial charge in [-0.2, -0.15) is 0 Å². The van der Waals surface area contributed by atoms with Gasteiger partial charge in [-0.25, -0.2) is 8.42 Å². The molecule has 0 radical (unpaired) electrons. The Morgan fingerprint density at radius 1 is 1.16 bits per heavy atom. The topological polar surface area (TPSA) is 66.6 Å². The van der Waals surface area contributed by atoms with Crippen molar-refractivity contribution in [2.24, 2.45) is 5.73 Å². The lowest BCUT2D eigenvalue weighted by Gasteiger charge is -2.38. The molecule has 2 N–H and O–H groups in total. The Hall–Kier alpha value is -0.170. The molecule has 0 aromatic carbocycles. The van der Waals surface area contributed by atoms with E-state index < -0.39 is 9.84 Å². The average Bonchev–Trinajstić information content (AvgIpc) is 2.42. The van der Waals surface area contributed by atoms with Gasteiger partial charge in [0.2, 0.25) is 0 Å². The summed E-state index contributed by atoms with van der Waals surface area (Å²) in [6.07, 6.45) is 1.86. The van der Waals surface area contributed by atoms with Gasteiger partial charge in [-0.05, 0) is 19.4 Å². The van der Waals surface area contributed by atoms with Gasteiger partial charge in [0.15, 0.2) is 0 Å². The van der Waals surface area contributed by atoms with Crippen molar-refractivity contribution in [2.75, 3.05) is 50.8 Å². The summed E-state index contributed by atoms with van der Waals surface area (Å²) in [5.74, 6) is 0.583. The molecular formula is C13H29N3O2S. The van der Waals surface area contributed by atoms with Gasteiger partial charge in [0.25, 0.3) is 0 Å². The van der Waals surface area contributed by atoms with Gasteiger partial charge in [0.1, 0.15) is 9.84 Å². The van der Waals surface area contributed by atoms with Crippen LogP contribution in [0.4, 0.5) is 0 Å². The smallest absolute Gasteiger partial charge is 0.150 e. The lowest BCUT2D eigenvalue weighted by atomic mass is 10.1. The molecule has 114 valence electrons. The fourth-order valence-electron chi connectivity index (χ4n) is 2.58. The van der Waals surface area contributed by atoms with Gasteiger partial charge in [-0.3, -0.25) is 4.90 Å². The summed E-state index contributed by atoms with van der Waals surface area (Å²) in [7, 11) is -2.81. The first-order valence-corrected chi connectivity index (χ1v) is 9.21. The summed E-state index contributed by atoms with van der Waals surface area (Å²) in [5.41, 5.74) is 5.77. The molecule has 0 spiro atoms. The van der Waals surface area contributed by atoms with Crippen LogP contribution in [-0.4, -0.2) is 75.0 Å². The first-order valence-electron chi connectivity index (χ1n) is 7.39. The molecule has 5 nitrogen and oxygen atoms in total. The number of rotatable bonds is 8. The van der Waals surface area contributed by atoms with E-state index >= 15 is 0 Å². The molecule has 1 aliphatic heterocycles. The average molecular weight is 291 g/mol. The van der Waals surface area contributed by atoms with E-state index in [4.69, 9.17) is 5.73 Å². The Kier molecular flexibility index (Phi) is 7.28. The number of nitrogens with two attached hydrogens (primary N) is 1. The van der Waals surface area contributed by atoms with E-state index in [2.05, 4.69) is 16.7 Å². The largest absolute Gasteiger partial charge is 0.329 e. The van der Waals surface area contributed by atoms with E-state index in [1.807, 2.05) is 0 Å². The van der Waals surface area contributed by atoms with Crippen molar-refractivity contribution in [3.63, 3.8) is 0 Å². The SMILES string of the molecule is CCC(CN)N1CCN(CCCS(=O)(=O)CC)CC1. The van der Waals surface area contributed by atoms with E-state index in [-0.39, 0.29) is 5.75 Å². The quantitative estimate of drug-likeness (QED) is 0.690. The van der Waals surface area contributed by atoms with Crippen LogP contribution >= 0.6 is 0 Å². The zero-order chi connectivity index (χ0) is 14.3. The van der Waals surface area contributed by atoms with Crippen molar-refractivity contribution >= 4 is 9.84 Å². The Balaban J connectivity index is 2.23. The molecule has 1 saturated heterocycles. The molecule has 1 aliphatic rings. The molecule has 0 amide bonds. The van der Waals surface area contributed by atoms with Crippen LogP contribution in [0.3, 0.4) is 0 Å². The highest BCUT2D eigenvalue weighted by Gasteiger charge is 2.21. The molecule has 1 heterocycles. The molecular weight excluding hydrogens is 262 g/mol. The molecule has 6 heteroatoms. The summed E-state index contributed by atoms with van der Waals surface area (Å²) in [5, 5.41) is 0. The van der Waals surface area contributed by atoms with Crippen molar-refractivity contribution in [1.29, 1.82) is 0 Å². The van der Waals surface area contributed by atoms with E-state index in [0.29, 0.717) is 11.8 Å². The number of hydrogen-bond donors (Lipinski definition) is 1. The fraction of sp³-hybridized carbons (Fsp3) is 1.00. The van der Waals surface area contributed by atoms with E-state index in [0.717, 1.165) is 52.1 Å². The van der Waals surface area contributed by atoms with Crippen molar-refractivity contribution < 1.29 is 8.42 Å². The third kappa shape index (κ3) is 5.77. The van der Waals surface area contributed by atoms with E-state index in [9.17, 15) is 8.42 Å². The number of hydrogen-bond acceptors (Lipinski definition) is 5. The molecule has 0 bridgehead atoms. The Morgan fingerprint density at radius 3 is 2.26 bits per heavy atom. The van der Waals surface area contributed by atoms with Gasteiger partial charge < -0.3 is 10.6 Å². The van der Waals surface area contributed by atoms with Gasteiger partial charge in [-0.15, -0.1) is 0 Å². The van der Waals surface area contributed by atoms with Gasteiger partial charge in [0.05, 0.1) is 5.75 Å². The molecule has 0 aromatic rings. The normalized spacial score (nSPS) is 20.6. The van der Waals surface area contributed by atoms with E-state index in [1.165, 1.54) is 0 Å². The predicted molar refractivity (Wildman–Crippen MR) is 80.1 cm³/mol. The first kappa shape index (κ1) is 16.9. The predicted octanol–water partition coefficient (Wildman–Crippen LogP) is 0.166. The highest BCUT2D eigenvalue weighted by molar-refractivity contribution is 7.91. The van der Waals surface area contributed by atoms with Gasteiger partial charge in [0, 0.05) is 44.5 Å². The molecule has 1 atom stereocenters. The third-order valence-electron chi connectivity index (χ3n) is 4.04. The Bertz CT molecular complexity index is 334. The molecule has 19 heavy (non-hydrogen) atoms. The second kappa shape index (κ2) is 8.19. The second-order valence-electron chi connectivity index (χ2n) is 5.27. The minimum Gasteiger partial charge on any atom is -0.329 e. The summed E-state index contributed by atoms with van der Waals surface area (Å²) in [6.45, 7) is 9.68. The second-order valence-corrected chi connectivity index (χ2v) is 7.74. The molecule has 0 aliphatic carbocycles. The summed E-state index contributed by atoms with van der Waals surface area (Å²) < 4.78 is 22.8. The first-order chi connectivity index (χ1) is 9.02. The van der Waals surface area contributed by atoms with Gasteiger partial charge in [-0.1, -0.05) is 13.8 Å². The molecule has 0 aromatic heterocycles. The van der Waals surface area contributed by atoms with Crippen molar-refractivity contribution in [1.82, 2.24) is 9.80 Å². The fourth-order valence-corrected chi connectivity index (χ4v) is 3.44. The van der Waals surface area contributed by atoms with Gasteiger partial charge >= 0.3 is 0 Å². The highest BCUT2D eigenvalue weighted by atomic mass is 32.2. The Morgan fingerprint density at radius 2 is 1.79 bits per heavy atom. The van der Waals surface area contributed by atoms with Crippen LogP contribution in [0.5, 0.6) is 0 Å². The maximum atomic E-state index is 11.4. The van der Waals surface area contributed by atoms with Crippen molar-refractivity contribution in [2.45, 2.75) is 32.7 Å².